The Hall–Kier alpha value is -2.14. The first-order chi connectivity index (χ1) is 9.33. The Kier molecular flexibility index (Phi) is 3.29. The van der Waals surface area contributed by atoms with Gasteiger partial charge in [-0.2, -0.15) is 0 Å². The molecule has 19 heavy (non-hydrogen) atoms. The highest BCUT2D eigenvalue weighted by atomic mass is 16.4. The van der Waals surface area contributed by atoms with Crippen LogP contribution in [0.4, 0.5) is 0 Å². The fourth-order valence-electron chi connectivity index (χ4n) is 2.17. The first-order valence-corrected chi connectivity index (χ1v) is 6.37. The fourth-order valence-corrected chi connectivity index (χ4v) is 2.17. The van der Waals surface area contributed by atoms with Gasteiger partial charge in [-0.05, 0) is 24.6 Å². The van der Waals surface area contributed by atoms with Crippen molar-refractivity contribution in [1.82, 2.24) is 20.5 Å². The van der Waals surface area contributed by atoms with E-state index in [1.807, 2.05) is 6.07 Å². The Labute approximate surface area is 111 Å². The molecule has 5 nitrogen and oxygen atoms in total. The van der Waals surface area contributed by atoms with Gasteiger partial charge in [0.2, 0.25) is 11.8 Å². The lowest BCUT2D eigenvalue weighted by Gasteiger charge is -2.01. The van der Waals surface area contributed by atoms with Crippen LogP contribution in [0.5, 0.6) is 0 Å². The molecule has 3 rings (SSSR count). The fraction of sp³-hybridized carbons (Fsp3) is 0.286. The summed E-state index contributed by atoms with van der Waals surface area (Å²) in [5.41, 5.74) is 2.51. The molecule has 0 saturated heterocycles. The molecule has 0 amide bonds. The van der Waals surface area contributed by atoms with E-state index in [0.29, 0.717) is 18.3 Å². The lowest BCUT2D eigenvalue weighted by atomic mass is 10.1. The molecule has 1 aromatic carbocycles. The van der Waals surface area contributed by atoms with Gasteiger partial charge in [0.1, 0.15) is 0 Å². The van der Waals surface area contributed by atoms with E-state index in [4.69, 9.17) is 4.42 Å². The van der Waals surface area contributed by atoms with Gasteiger partial charge in [0, 0.05) is 24.0 Å². The Balaban J connectivity index is 1.55. The number of rotatable bonds is 5. The number of hydrogen-bond acceptors (Lipinski definition) is 4. The largest absolute Gasteiger partial charge is 0.424 e. The van der Waals surface area contributed by atoms with Gasteiger partial charge in [0.05, 0.1) is 6.54 Å². The summed E-state index contributed by atoms with van der Waals surface area (Å²) in [6, 6.07) is 8.34. The number of H-pyrrole nitrogens is 1. The highest BCUT2D eigenvalue weighted by Gasteiger charge is 2.04. The van der Waals surface area contributed by atoms with Crippen LogP contribution in [-0.2, 0) is 13.0 Å². The van der Waals surface area contributed by atoms with E-state index in [1.165, 1.54) is 16.5 Å². The minimum Gasteiger partial charge on any atom is -0.424 e. The number of nitrogens with zero attached hydrogens (tertiary/aromatic N) is 2. The van der Waals surface area contributed by atoms with Crippen molar-refractivity contribution < 1.29 is 4.42 Å². The summed E-state index contributed by atoms with van der Waals surface area (Å²) >= 11 is 0. The predicted molar refractivity (Wildman–Crippen MR) is 72.7 cm³/mol. The topological polar surface area (TPSA) is 66.7 Å². The van der Waals surface area contributed by atoms with E-state index in [2.05, 4.69) is 44.9 Å². The minimum absolute atomic E-state index is 0.605. The first kappa shape index (κ1) is 11.9. The molecule has 0 radical (unpaired) electrons. The molecule has 0 fully saturated rings. The van der Waals surface area contributed by atoms with Gasteiger partial charge in [-0.15, -0.1) is 10.2 Å². The van der Waals surface area contributed by atoms with Gasteiger partial charge in [-0.1, -0.05) is 18.2 Å². The van der Waals surface area contributed by atoms with Crippen LogP contribution in [0.1, 0.15) is 17.3 Å². The van der Waals surface area contributed by atoms with Gasteiger partial charge >= 0.3 is 0 Å². The number of aromatic nitrogens is 3. The molecular weight excluding hydrogens is 240 g/mol. The van der Waals surface area contributed by atoms with Gasteiger partial charge in [-0.3, -0.25) is 0 Å². The molecule has 0 aliphatic rings. The zero-order valence-corrected chi connectivity index (χ0v) is 10.8. The molecule has 0 atom stereocenters. The Morgan fingerprint density at radius 1 is 1.26 bits per heavy atom. The van der Waals surface area contributed by atoms with E-state index in [-0.39, 0.29) is 0 Å². The number of aryl methyl sites for hydroxylation is 1. The second-order valence-corrected chi connectivity index (χ2v) is 4.50. The smallest absolute Gasteiger partial charge is 0.230 e. The molecule has 5 heteroatoms. The minimum atomic E-state index is 0.605. The summed E-state index contributed by atoms with van der Waals surface area (Å²) in [4.78, 5) is 3.28. The zero-order valence-electron chi connectivity index (χ0n) is 10.8. The van der Waals surface area contributed by atoms with Crippen LogP contribution >= 0.6 is 0 Å². The molecule has 0 aliphatic carbocycles. The highest BCUT2D eigenvalue weighted by Crippen LogP contribution is 2.17. The Bertz CT molecular complexity index is 671. The number of aromatic amines is 1. The van der Waals surface area contributed by atoms with Gasteiger partial charge in [-0.25, -0.2) is 0 Å². The van der Waals surface area contributed by atoms with Crippen LogP contribution in [0.3, 0.4) is 0 Å². The first-order valence-electron chi connectivity index (χ1n) is 6.37. The molecule has 0 unspecified atom stereocenters. The van der Waals surface area contributed by atoms with Crippen molar-refractivity contribution in [2.45, 2.75) is 19.9 Å². The van der Waals surface area contributed by atoms with Crippen LogP contribution in [0, 0.1) is 6.92 Å². The second-order valence-electron chi connectivity index (χ2n) is 4.50. The standard InChI is InChI=1S/C14H16N4O/c1-10-17-18-14(19-10)9-15-7-6-11-8-16-13-5-3-2-4-12(11)13/h2-5,8,15-16H,6-7,9H2,1H3. The van der Waals surface area contributed by atoms with Crippen LogP contribution in [0.2, 0.25) is 0 Å². The summed E-state index contributed by atoms with van der Waals surface area (Å²) in [6.45, 7) is 3.29. The van der Waals surface area contributed by atoms with Crippen molar-refractivity contribution >= 4 is 10.9 Å². The van der Waals surface area contributed by atoms with Crippen LogP contribution in [-0.4, -0.2) is 21.7 Å². The van der Waals surface area contributed by atoms with Gasteiger partial charge in [0.15, 0.2) is 0 Å². The normalized spacial score (nSPS) is 11.2. The van der Waals surface area contributed by atoms with Crippen molar-refractivity contribution in [1.29, 1.82) is 0 Å². The summed E-state index contributed by atoms with van der Waals surface area (Å²) in [6.07, 6.45) is 3.04. The van der Waals surface area contributed by atoms with Crippen molar-refractivity contribution in [3.05, 3.63) is 47.8 Å². The van der Waals surface area contributed by atoms with Gasteiger partial charge in [0.25, 0.3) is 0 Å². The van der Waals surface area contributed by atoms with E-state index in [9.17, 15) is 0 Å². The molecule has 2 aromatic heterocycles. The third kappa shape index (κ3) is 2.66. The summed E-state index contributed by atoms with van der Waals surface area (Å²) in [5.74, 6) is 1.24. The second kappa shape index (κ2) is 5.24. The number of fused-ring (bicyclic) bond motifs is 1. The molecule has 0 spiro atoms. The van der Waals surface area contributed by atoms with Crippen molar-refractivity contribution in [3.8, 4) is 0 Å². The molecule has 0 bridgehead atoms. The molecule has 2 heterocycles. The molecule has 0 saturated carbocycles. The zero-order chi connectivity index (χ0) is 13.1. The summed E-state index contributed by atoms with van der Waals surface area (Å²) < 4.78 is 5.30. The maximum absolute atomic E-state index is 5.30. The monoisotopic (exact) mass is 256 g/mol. The number of benzene rings is 1. The summed E-state index contributed by atoms with van der Waals surface area (Å²) in [5, 5.41) is 12.3. The predicted octanol–water partition coefficient (Wildman–Crippen LogP) is 2.19. The van der Waals surface area contributed by atoms with Gasteiger partial charge < -0.3 is 14.7 Å². The van der Waals surface area contributed by atoms with E-state index in [0.717, 1.165) is 13.0 Å². The van der Waals surface area contributed by atoms with E-state index in [1.54, 1.807) is 6.92 Å². The molecule has 3 aromatic rings. The van der Waals surface area contributed by atoms with Crippen LogP contribution in [0.25, 0.3) is 10.9 Å². The van der Waals surface area contributed by atoms with Crippen molar-refractivity contribution in [2.24, 2.45) is 0 Å². The molecule has 2 N–H and O–H groups in total. The quantitative estimate of drug-likeness (QED) is 0.687. The van der Waals surface area contributed by atoms with E-state index >= 15 is 0 Å². The molecular formula is C14H16N4O. The third-order valence-electron chi connectivity index (χ3n) is 3.09. The lowest BCUT2D eigenvalue weighted by molar-refractivity contribution is 0.448. The van der Waals surface area contributed by atoms with E-state index < -0.39 is 0 Å². The average Bonchev–Trinajstić information content (AvgIpc) is 3.02. The van der Waals surface area contributed by atoms with Crippen molar-refractivity contribution in [3.63, 3.8) is 0 Å². The Morgan fingerprint density at radius 2 is 2.16 bits per heavy atom. The lowest BCUT2D eigenvalue weighted by Crippen LogP contribution is -2.16. The average molecular weight is 256 g/mol. The third-order valence-corrected chi connectivity index (χ3v) is 3.09. The molecule has 98 valence electrons. The Morgan fingerprint density at radius 3 is 3.00 bits per heavy atom. The van der Waals surface area contributed by atoms with Crippen LogP contribution in [0.15, 0.2) is 34.9 Å². The number of nitrogens with one attached hydrogen (secondary N) is 2. The highest BCUT2D eigenvalue weighted by molar-refractivity contribution is 5.83. The number of para-hydroxylation sites is 1. The van der Waals surface area contributed by atoms with Crippen LogP contribution < -0.4 is 5.32 Å². The number of hydrogen-bond donors (Lipinski definition) is 2. The maximum Gasteiger partial charge on any atom is 0.230 e. The SMILES string of the molecule is Cc1nnc(CNCCc2c[nH]c3ccccc23)o1. The summed E-state index contributed by atoms with van der Waals surface area (Å²) in [7, 11) is 0. The maximum atomic E-state index is 5.30. The van der Waals surface area contributed by atoms with Crippen molar-refractivity contribution in [2.75, 3.05) is 6.54 Å². The molecule has 0 aliphatic heterocycles.